The van der Waals surface area contributed by atoms with Gasteiger partial charge >= 0.3 is 5.97 Å². The molecule has 0 unspecified atom stereocenters. The Kier molecular flexibility index (Phi) is 5.73. The number of hydrogen-bond acceptors (Lipinski definition) is 5. The molecule has 1 heterocycles. The number of rotatable bonds is 6. The molecule has 128 valence electrons. The first kappa shape index (κ1) is 17.7. The van der Waals surface area contributed by atoms with Gasteiger partial charge < -0.3 is 14.6 Å². The third-order valence-electron chi connectivity index (χ3n) is 3.06. The molecule has 1 aromatic heterocycles. The third-order valence-corrected chi connectivity index (χ3v) is 3.06. The topological polar surface area (TPSA) is 81.4 Å². The van der Waals surface area contributed by atoms with Crippen LogP contribution in [-0.2, 0) is 9.53 Å². The molecular formula is C18H22N2O4. The average Bonchev–Trinajstić information content (AvgIpc) is 3.00. The first-order valence-corrected chi connectivity index (χ1v) is 7.87. The Morgan fingerprint density at radius 2 is 1.92 bits per heavy atom. The molecule has 0 aliphatic rings. The minimum Gasteiger partial charge on any atom is -0.460 e. The van der Waals surface area contributed by atoms with Crippen molar-refractivity contribution in [2.75, 3.05) is 6.54 Å². The van der Waals surface area contributed by atoms with Crippen molar-refractivity contribution in [2.24, 2.45) is 0 Å². The molecular weight excluding hydrogens is 308 g/mol. The van der Waals surface area contributed by atoms with Gasteiger partial charge in [0, 0.05) is 24.6 Å². The zero-order valence-electron chi connectivity index (χ0n) is 14.2. The number of nitrogens with one attached hydrogen (secondary N) is 1. The van der Waals surface area contributed by atoms with Gasteiger partial charge in [-0.1, -0.05) is 35.5 Å². The average molecular weight is 330 g/mol. The first-order chi connectivity index (χ1) is 11.3. The van der Waals surface area contributed by atoms with Crippen LogP contribution in [0.4, 0.5) is 0 Å². The highest BCUT2D eigenvalue weighted by molar-refractivity contribution is 5.93. The van der Waals surface area contributed by atoms with Gasteiger partial charge in [-0.2, -0.15) is 0 Å². The zero-order chi connectivity index (χ0) is 17.6. The Balaban J connectivity index is 1.77. The number of carbonyl (C=O) groups excluding carboxylic acids is 2. The van der Waals surface area contributed by atoms with E-state index in [0.29, 0.717) is 18.7 Å². The van der Waals surface area contributed by atoms with Gasteiger partial charge in [0.25, 0.3) is 5.91 Å². The van der Waals surface area contributed by atoms with Crippen molar-refractivity contribution in [3.63, 3.8) is 0 Å². The minimum atomic E-state index is -0.491. The highest BCUT2D eigenvalue weighted by Gasteiger charge is 2.16. The van der Waals surface area contributed by atoms with E-state index in [2.05, 4.69) is 10.5 Å². The second-order valence-corrected chi connectivity index (χ2v) is 6.39. The van der Waals surface area contributed by atoms with Crippen molar-refractivity contribution < 1.29 is 18.8 Å². The summed E-state index contributed by atoms with van der Waals surface area (Å²) in [7, 11) is 0. The summed E-state index contributed by atoms with van der Waals surface area (Å²) in [6.07, 6.45) is 0.760. The largest absolute Gasteiger partial charge is 0.460 e. The maximum atomic E-state index is 12.0. The molecule has 0 spiro atoms. The Morgan fingerprint density at radius 3 is 2.58 bits per heavy atom. The van der Waals surface area contributed by atoms with E-state index in [0.717, 1.165) is 5.56 Å². The van der Waals surface area contributed by atoms with Crippen LogP contribution in [0.3, 0.4) is 0 Å². The fraction of sp³-hybridized carbons (Fsp3) is 0.389. The van der Waals surface area contributed by atoms with E-state index in [1.807, 2.05) is 51.1 Å². The van der Waals surface area contributed by atoms with Gasteiger partial charge in [-0.3, -0.25) is 9.59 Å². The van der Waals surface area contributed by atoms with Crippen LogP contribution in [-0.4, -0.2) is 29.2 Å². The van der Waals surface area contributed by atoms with Crippen LogP contribution in [0, 0.1) is 0 Å². The van der Waals surface area contributed by atoms with Crippen molar-refractivity contribution in [1.82, 2.24) is 10.5 Å². The lowest BCUT2D eigenvalue weighted by Crippen LogP contribution is -2.27. The summed E-state index contributed by atoms with van der Waals surface area (Å²) in [6.45, 7) is 5.83. The highest BCUT2D eigenvalue weighted by Crippen LogP contribution is 2.19. The van der Waals surface area contributed by atoms with Crippen LogP contribution >= 0.6 is 0 Å². The van der Waals surface area contributed by atoms with Gasteiger partial charge in [-0.25, -0.2) is 0 Å². The fourth-order valence-electron chi connectivity index (χ4n) is 2.04. The molecule has 0 aliphatic carbocycles. The van der Waals surface area contributed by atoms with Crippen LogP contribution in [0.2, 0.25) is 0 Å². The minimum absolute atomic E-state index is 0.214. The van der Waals surface area contributed by atoms with E-state index in [1.54, 1.807) is 6.07 Å². The molecule has 0 saturated heterocycles. The smallest absolute Gasteiger partial charge is 0.306 e. The number of ether oxygens (including phenoxy) is 1. The van der Waals surface area contributed by atoms with Crippen LogP contribution in [0.25, 0.3) is 11.3 Å². The zero-order valence-corrected chi connectivity index (χ0v) is 14.2. The van der Waals surface area contributed by atoms with E-state index in [4.69, 9.17) is 9.26 Å². The number of carbonyl (C=O) groups is 2. The van der Waals surface area contributed by atoms with Crippen LogP contribution < -0.4 is 5.32 Å². The van der Waals surface area contributed by atoms with Crippen molar-refractivity contribution >= 4 is 11.9 Å². The summed E-state index contributed by atoms with van der Waals surface area (Å²) in [4.78, 5) is 23.6. The normalized spacial score (nSPS) is 11.1. The lowest BCUT2D eigenvalue weighted by molar-refractivity contribution is -0.154. The number of hydrogen-bond donors (Lipinski definition) is 1. The van der Waals surface area contributed by atoms with Crippen molar-refractivity contribution in [2.45, 2.75) is 39.2 Å². The number of aromatic nitrogens is 1. The molecule has 6 heteroatoms. The molecule has 6 nitrogen and oxygen atoms in total. The summed E-state index contributed by atoms with van der Waals surface area (Å²) < 4.78 is 10.4. The molecule has 1 amide bonds. The number of amides is 1. The molecule has 0 saturated carbocycles. The molecule has 1 aromatic carbocycles. The van der Waals surface area contributed by atoms with Crippen molar-refractivity contribution in [3.8, 4) is 11.3 Å². The monoisotopic (exact) mass is 330 g/mol. The summed E-state index contributed by atoms with van der Waals surface area (Å²) in [5.74, 6) is -0.0656. The summed E-state index contributed by atoms with van der Waals surface area (Å²) in [5.41, 5.74) is 0.578. The maximum Gasteiger partial charge on any atom is 0.306 e. The SMILES string of the molecule is CC(C)(C)OC(=O)CCCNC(=O)c1cc(-c2ccccc2)on1. The second kappa shape index (κ2) is 7.77. The summed E-state index contributed by atoms with van der Waals surface area (Å²) >= 11 is 0. The van der Waals surface area contributed by atoms with Gasteiger partial charge in [0.1, 0.15) is 5.60 Å². The predicted molar refractivity (Wildman–Crippen MR) is 89.4 cm³/mol. The summed E-state index contributed by atoms with van der Waals surface area (Å²) in [6, 6.07) is 11.0. The maximum absolute atomic E-state index is 12.0. The van der Waals surface area contributed by atoms with Crippen LogP contribution in [0.1, 0.15) is 44.1 Å². The first-order valence-electron chi connectivity index (χ1n) is 7.87. The Hall–Kier alpha value is -2.63. The Morgan fingerprint density at radius 1 is 1.21 bits per heavy atom. The van der Waals surface area contributed by atoms with E-state index in [9.17, 15) is 9.59 Å². The van der Waals surface area contributed by atoms with E-state index in [1.165, 1.54) is 0 Å². The lowest BCUT2D eigenvalue weighted by Gasteiger charge is -2.19. The molecule has 1 N–H and O–H groups in total. The van der Waals surface area contributed by atoms with E-state index >= 15 is 0 Å². The van der Waals surface area contributed by atoms with Crippen LogP contribution in [0.15, 0.2) is 40.9 Å². The van der Waals surface area contributed by atoms with E-state index in [-0.39, 0.29) is 24.0 Å². The van der Waals surface area contributed by atoms with E-state index < -0.39 is 5.60 Å². The number of esters is 1. The number of benzene rings is 1. The molecule has 2 rings (SSSR count). The van der Waals surface area contributed by atoms with Crippen LogP contribution in [0.5, 0.6) is 0 Å². The molecule has 0 radical (unpaired) electrons. The molecule has 0 bridgehead atoms. The van der Waals surface area contributed by atoms with Gasteiger partial charge in [-0.15, -0.1) is 0 Å². The third kappa shape index (κ3) is 5.53. The quantitative estimate of drug-likeness (QED) is 0.650. The predicted octanol–water partition coefficient (Wildman–Crippen LogP) is 3.19. The van der Waals surface area contributed by atoms with Gasteiger partial charge in [0.05, 0.1) is 0 Å². The van der Waals surface area contributed by atoms with Gasteiger partial charge in [-0.05, 0) is 27.2 Å². The lowest BCUT2D eigenvalue weighted by atomic mass is 10.1. The van der Waals surface area contributed by atoms with Crippen molar-refractivity contribution in [1.29, 1.82) is 0 Å². The molecule has 0 atom stereocenters. The summed E-state index contributed by atoms with van der Waals surface area (Å²) in [5, 5.41) is 6.49. The molecule has 0 fully saturated rings. The standard InChI is InChI=1S/C18H22N2O4/c1-18(2,3)23-16(21)10-7-11-19-17(22)14-12-15(24-20-14)13-8-5-4-6-9-13/h4-6,8-9,12H,7,10-11H2,1-3H3,(H,19,22). The Bertz CT molecular complexity index is 687. The number of nitrogens with zero attached hydrogens (tertiary/aromatic N) is 1. The van der Waals surface area contributed by atoms with Crippen molar-refractivity contribution in [3.05, 3.63) is 42.1 Å². The fourth-order valence-corrected chi connectivity index (χ4v) is 2.04. The molecule has 2 aromatic rings. The van der Waals surface area contributed by atoms with Gasteiger partial charge in [0.15, 0.2) is 11.5 Å². The second-order valence-electron chi connectivity index (χ2n) is 6.39. The Labute approximate surface area is 141 Å². The van der Waals surface area contributed by atoms with Gasteiger partial charge in [0.2, 0.25) is 0 Å². The molecule has 0 aliphatic heterocycles. The molecule has 24 heavy (non-hydrogen) atoms. The highest BCUT2D eigenvalue weighted by atomic mass is 16.6.